The van der Waals surface area contributed by atoms with Crippen molar-refractivity contribution in [1.29, 1.82) is 0 Å². The van der Waals surface area contributed by atoms with Crippen LogP contribution in [0, 0.1) is 80.8 Å². The van der Waals surface area contributed by atoms with E-state index in [0.29, 0.717) is 86.5 Å². The number of aliphatic hydroxyl groups excluding tert-OH is 4. The van der Waals surface area contributed by atoms with Crippen LogP contribution in [0.1, 0.15) is 141 Å². The molecule has 1 aromatic heterocycles. The number of ether oxygens (including phenoxy) is 4. The van der Waals surface area contributed by atoms with Crippen molar-refractivity contribution in [2.24, 2.45) is 80.8 Å². The highest BCUT2D eigenvalue weighted by Gasteiger charge is 2.94. The number of benzene rings is 1. The third kappa shape index (κ3) is 7.17. The van der Waals surface area contributed by atoms with Crippen LogP contribution in [0.15, 0.2) is 59.4 Å². The Balaban J connectivity index is 0.932. The van der Waals surface area contributed by atoms with Crippen molar-refractivity contribution in [2.45, 2.75) is 178 Å². The summed E-state index contributed by atoms with van der Waals surface area (Å²) in [6, 6.07) is 12.9. The van der Waals surface area contributed by atoms with Gasteiger partial charge in [-0.2, -0.15) is 0 Å². The molecule has 5 N–H and O–H groups in total. The van der Waals surface area contributed by atoms with Crippen LogP contribution in [0.2, 0.25) is 0 Å². The van der Waals surface area contributed by atoms with Gasteiger partial charge < -0.3 is 48.7 Å². The Morgan fingerprint density at radius 3 is 2.53 bits per heavy atom. The van der Waals surface area contributed by atoms with Gasteiger partial charge in [0.2, 0.25) is 0 Å². The lowest BCUT2D eigenvalue weighted by Crippen LogP contribution is -2.80. The minimum atomic E-state index is -1.53. The van der Waals surface area contributed by atoms with Gasteiger partial charge in [0.15, 0.2) is 11.9 Å². The van der Waals surface area contributed by atoms with Gasteiger partial charge in [-0.15, -0.1) is 0 Å². The molecule has 0 amide bonds. The molecule has 14 nitrogen and oxygen atoms in total. The minimum absolute atomic E-state index is 0.0326. The predicted molar refractivity (Wildman–Crippen MR) is 278 cm³/mol. The minimum Gasteiger partial charge on any atom is -0.469 e. The van der Waals surface area contributed by atoms with Crippen LogP contribution in [0.5, 0.6) is 0 Å². The molecule has 14 heteroatoms. The number of Topliss-reactive ketones (excluding diaryl/α,β-unsaturated/α-hetero) is 1. The molecule has 10 fully saturated rings. The maximum Gasteiger partial charge on any atom is 0.339 e. The van der Waals surface area contributed by atoms with Crippen LogP contribution in [0.25, 0.3) is 0 Å². The van der Waals surface area contributed by atoms with Gasteiger partial charge in [-0.05, 0) is 161 Å². The SMILES string of the molecule is CC(C)CC[C@]1(C)O[C@H]2[C@@]3(CC[C@H](CO)C3)C(=O)OC[C@]23[C@H]2CC[C@@]4(C)[C@H](c5ccoc5C[C@@H]([C@@H]5CC[C@H]6[C@H](C=CN7CNC[C@@H]67)C5)[C@H](O)CO)OC(=O)[C@H]5O[C@]54[C@]2([C@H]2CCC[C@H](Cc4ccccc4)C2)[C@H](O)C(=O)[C@@H]31. The van der Waals surface area contributed by atoms with Gasteiger partial charge in [-0.25, -0.2) is 4.79 Å². The second-order valence-electron chi connectivity index (χ2n) is 27.4. The number of esters is 2. The number of furan rings is 1. The maximum atomic E-state index is 16.5. The molecule has 414 valence electrons. The molecular weight excluding hydrogens is 965 g/mol. The number of hydrogen-bond acceptors (Lipinski definition) is 14. The molecule has 5 saturated carbocycles. The van der Waals surface area contributed by atoms with E-state index in [1.165, 1.54) is 5.56 Å². The zero-order valence-electron chi connectivity index (χ0n) is 45.3. The fourth-order valence-electron chi connectivity index (χ4n) is 20.4. The quantitative estimate of drug-likeness (QED) is 0.0993. The number of nitrogens with zero attached hydrogens (tertiary/aromatic N) is 1. The molecule has 11 aliphatic rings. The summed E-state index contributed by atoms with van der Waals surface area (Å²) in [7, 11) is 0. The topological polar surface area (TPSA) is 201 Å². The number of carbonyl (C=O) groups excluding carboxylic acids is 3. The van der Waals surface area contributed by atoms with Gasteiger partial charge in [0.25, 0.3) is 0 Å². The molecule has 6 aliphatic heterocycles. The third-order valence-corrected chi connectivity index (χ3v) is 23.5. The Bertz CT molecular complexity index is 2590. The number of rotatable bonds is 13. The first kappa shape index (κ1) is 51.8. The van der Waals surface area contributed by atoms with E-state index in [0.717, 1.165) is 64.6 Å². The van der Waals surface area contributed by atoms with Crippen molar-refractivity contribution in [3.8, 4) is 0 Å². The van der Waals surface area contributed by atoms with Crippen LogP contribution >= 0.6 is 0 Å². The zero-order valence-corrected chi connectivity index (χ0v) is 45.3. The Morgan fingerprint density at radius 2 is 1.75 bits per heavy atom. The summed E-state index contributed by atoms with van der Waals surface area (Å²) < 4.78 is 34.8. The summed E-state index contributed by atoms with van der Waals surface area (Å²) in [5.74, 6) is -1.02. The summed E-state index contributed by atoms with van der Waals surface area (Å²) in [4.78, 5) is 48.9. The smallest absolute Gasteiger partial charge is 0.339 e. The molecule has 76 heavy (non-hydrogen) atoms. The number of ketones is 1. The molecule has 5 saturated heterocycles. The molecule has 0 radical (unpaired) electrons. The highest BCUT2D eigenvalue weighted by Crippen LogP contribution is 2.84. The first-order chi connectivity index (χ1) is 36.6. The zero-order chi connectivity index (χ0) is 52.7. The van der Waals surface area contributed by atoms with E-state index in [1.807, 2.05) is 19.1 Å². The van der Waals surface area contributed by atoms with Gasteiger partial charge in [-0.3, -0.25) is 14.9 Å². The second kappa shape index (κ2) is 18.7. The van der Waals surface area contributed by atoms with E-state index in [1.54, 1.807) is 6.26 Å². The number of allylic oxidation sites excluding steroid dienone is 1. The fourth-order valence-corrected chi connectivity index (χ4v) is 20.4. The van der Waals surface area contributed by atoms with E-state index in [2.05, 4.69) is 67.5 Å². The second-order valence-corrected chi connectivity index (χ2v) is 27.4. The van der Waals surface area contributed by atoms with Crippen molar-refractivity contribution in [2.75, 3.05) is 33.0 Å². The highest BCUT2D eigenvalue weighted by atomic mass is 16.7. The number of nitrogens with one attached hydrogen (secondary N) is 1. The lowest BCUT2D eigenvalue weighted by atomic mass is 9.32. The Hall–Kier alpha value is -3.63. The third-order valence-electron chi connectivity index (χ3n) is 23.5. The normalized spacial score (nSPS) is 46.7. The Kier molecular flexibility index (Phi) is 12.8. The van der Waals surface area contributed by atoms with Crippen LogP contribution in [0.3, 0.4) is 0 Å². The Labute approximate surface area is 448 Å². The van der Waals surface area contributed by atoms with Crippen LogP contribution < -0.4 is 5.32 Å². The average Bonchev–Trinajstić information content (AvgIpc) is 3.17. The molecular formula is C62H84N2O12. The van der Waals surface area contributed by atoms with Crippen LogP contribution in [0.4, 0.5) is 0 Å². The summed E-state index contributed by atoms with van der Waals surface area (Å²) >= 11 is 0. The van der Waals surface area contributed by atoms with Crippen molar-refractivity contribution in [3.05, 3.63) is 71.8 Å². The van der Waals surface area contributed by atoms with Crippen molar-refractivity contribution in [3.63, 3.8) is 0 Å². The van der Waals surface area contributed by atoms with Crippen molar-refractivity contribution in [1.82, 2.24) is 10.2 Å². The highest BCUT2D eigenvalue weighted by molar-refractivity contribution is 5.93. The average molecular weight is 1050 g/mol. The molecule has 0 unspecified atom stereocenters. The van der Waals surface area contributed by atoms with Gasteiger partial charge >= 0.3 is 11.9 Å². The lowest BCUT2D eigenvalue weighted by molar-refractivity contribution is -0.285. The summed E-state index contributed by atoms with van der Waals surface area (Å²) in [5, 5.41) is 50.7. The van der Waals surface area contributed by atoms with E-state index in [9.17, 15) is 25.2 Å². The molecule has 5 aliphatic carbocycles. The predicted octanol–water partition coefficient (Wildman–Crippen LogP) is 7.25. The lowest BCUT2D eigenvalue weighted by Gasteiger charge is -2.71. The summed E-state index contributed by atoms with van der Waals surface area (Å²) in [6.07, 6.45) is 12.2. The van der Waals surface area contributed by atoms with E-state index >= 15 is 9.59 Å². The van der Waals surface area contributed by atoms with Gasteiger partial charge in [0.1, 0.15) is 30.2 Å². The van der Waals surface area contributed by atoms with Gasteiger partial charge in [-0.1, -0.05) is 70.0 Å². The van der Waals surface area contributed by atoms with Crippen molar-refractivity contribution < 1.29 is 58.2 Å². The molecule has 2 aromatic rings. The van der Waals surface area contributed by atoms with Gasteiger partial charge in [0, 0.05) is 47.4 Å². The first-order valence-electron chi connectivity index (χ1n) is 29.7. The van der Waals surface area contributed by atoms with E-state index < -0.39 is 81.2 Å². The van der Waals surface area contributed by atoms with Crippen LogP contribution in [-0.4, -0.2) is 118 Å². The number of hydrogen-bond donors (Lipinski definition) is 5. The van der Waals surface area contributed by atoms with Crippen molar-refractivity contribution >= 4 is 17.7 Å². The number of carbonyl (C=O) groups is 3. The summed E-state index contributed by atoms with van der Waals surface area (Å²) in [5.41, 5.74) is -4.95. The van der Waals surface area contributed by atoms with Crippen LogP contribution in [-0.2, 0) is 46.2 Å². The Morgan fingerprint density at radius 1 is 0.921 bits per heavy atom. The van der Waals surface area contributed by atoms with Gasteiger partial charge in [0.05, 0.1) is 48.7 Å². The molecule has 13 rings (SSSR count). The first-order valence-corrected chi connectivity index (χ1v) is 29.7. The number of cyclic esters (lactones) is 2. The largest absolute Gasteiger partial charge is 0.469 e. The monoisotopic (exact) mass is 1050 g/mol. The molecule has 7 heterocycles. The molecule has 1 aromatic carbocycles. The maximum absolute atomic E-state index is 16.5. The molecule has 3 spiro atoms. The fraction of sp³-hybridized carbons (Fsp3) is 0.758. The number of epoxide rings is 1. The van der Waals surface area contributed by atoms with E-state index in [4.69, 9.17) is 23.4 Å². The molecule has 21 atom stereocenters. The molecule has 0 bridgehead atoms. The summed E-state index contributed by atoms with van der Waals surface area (Å²) in [6.45, 7) is 9.87. The van der Waals surface area contributed by atoms with E-state index in [-0.39, 0.29) is 61.2 Å². The number of fused-ring (bicyclic) bond motifs is 5. The standard InChI is InChI=1S/C62H84N2O12/c1-35(2)15-21-58(4)50-49(68)51(69)61(41-12-8-11-37(26-41)25-36-9-6-5-7-10-36)48(60(50)33-73-56(71)59(55(60)76-58)22-16-38(29-59)31-65)17-20-57(3)52(74-54(70)53-62(57,61)75-53)43-19-24-72-47(43)28-44(46(67)32-66)39-13-14-42-40(27-39)18-23-64-34-63-30-45(42)64/h5-7,9-10,18-19,23-24,35,37-42,44-46,48,50-53,55,63,65-67,69H,8,11-17,20-22,25-34H2,1-4H3/t37-,38+,39-,40-,41+,42+,44+,45+,46-,48-,50-,51-,52+,53-,55+,57+,58+,59+,60-,61+,62-/m1/s1. The number of aliphatic hydroxyl groups is 4.